The Balaban J connectivity index is 1.31. The van der Waals surface area contributed by atoms with Crippen LogP contribution >= 0.6 is 0 Å². The van der Waals surface area contributed by atoms with E-state index in [1.165, 1.54) is 25.6 Å². The van der Waals surface area contributed by atoms with Gasteiger partial charge < -0.3 is 10.2 Å². The molecule has 0 spiro atoms. The molecule has 1 atom stereocenters. The predicted molar refractivity (Wildman–Crippen MR) is 135 cm³/mol. The van der Waals surface area contributed by atoms with Crippen LogP contribution in [0.4, 0.5) is 5.69 Å². The van der Waals surface area contributed by atoms with E-state index >= 15 is 0 Å². The van der Waals surface area contributed by atoms with Crippen LogP contribution in [0.15, 0.2) is 53.4 Å². The van der Waals surface area contributed by atoms with Crippen molar-refractivity contribution < 1.29 is 18.0 Å². The first-order valence-electron chi connectivity index (χ1n) is 12.1. The number of sulfonamides is 1. The highest BCUT2D eigenvalue weighted by molar-refractivity contribution is 7.89. The summed E-state index contributed by atoms with van der Waals surface area (Å²) in [5.41, 5.74) is 2.86. The highest BCUT2D eigenvalue weighted by Gasteiger charge is 2.32. The highest BCUT2D eigenvalue weighted by atomic mass is 32.2. The zero-order valence-corrected chi connectivity index (χ0v) is 21.4. The van der Waals surface area contributed by atoms with Crippen molar-refractivity contribution in [3.8, 4) is 0 Å². The van der Waals surface area contributed by atoms with E-state index in [1.54, 1.807) is 17.0 Å². The molecular formula is C26H34N4O4S. The van der Waals surface area contributed by atoms with Gasteiger partial charge in [0.1, 0.15) is 0 Å². The second-order valence-electron chi connectivity index (χ2n) is 9.60. The molecule has 0 bridgehead atoms. The summed E-state index contributed by atoms with van der Waals surface area (Å²) in [6, 6.07) is 15.2. The molecule has 1 fully saturated rings. The van der Waals surface area contributed by atoms with Crippen LogP contribution in [0.25, 0.3) is 0 Å². The van der Waals surface area contributed by atoms with Gasteiger partial charge in [0.25, 0.3) is 0 Å². The highest BCUT2D eigenvalue weighted by Crippen LogP contribution is 2.34. The van der Waals surface area contributed by atoms with Crippen LogP contribution in [0.5, 0.6) is 0 Å². The SMILES string of the molecule is CC(=O)N1c2ccc(S(=O)(=O)N(C)CC(=O)NC3CCN(Cc4ccccc4)CC3)cc2C[C@@H]1C. The van der Waals surface area contributed by atoms with Gasteiger partial charge in [0.15, 0.2) is 0 Å². The monoisotopic (exact) mass is 498 g/mol. The van der Waals surface area contributed by atoms with E-state index in [0.717, 1.165) is 48.0 Å². The minimum Gasteiger partial charge on any atom is -0.352 e. The van der Waals surface area contributed by atoms with Crippen LogP contribution in [0.1, 0.15) is 37.8 Å². The molecule has 188 valence electrons. The molecule has 35 heavy (non-hydrogen) atoms. The van der Waals surface area contributed by atoms with Gasteiger partial charge >= 0.3 is 0 Å². The second kappa shape index (κ2) is 10.5. The number of carbonyl (C=O) groups excluding carboxylic acids is 2. The van der Waals surface area contributed by atoms with Crippen LogP contribution in [-0.4, -0.2) is 68.2 Å². The number of amides is 2. The molecular weight excluding hydrogens is 464 g/mol. The molecule has 2 amide bonds. The number of anilines is 1. The third-order valence-corrected chi connectivity index (χ3v) is 8.68. The predicted octanol–water partition coefficient (Wildman–Crippen LogP) is 2.39. The van der Waals surface area contributed by atoms with Gasteiger partial charge in [-0.2, -0.15) is 4.31 Å². The van der Waals surface area contributed by atoms with Crippen molar-refractivity contribution in [2.75, 3.05) is 31.6 Å². The van der Waals surface area contributed by atoms with Crippen molar-refractivity contribution in [3.63, 3.8) is 0 Å². The molecule has 0 aliphatic carbocycles. The lowest BCUT2D eigenvalue weighted by atomic mass is 10.0. The molecule has 0 unspecified atom stereocenters. The molecule has 1 N–H and O–H groups in total. The van der Waals surface area contributed by atoms with Crippen molar-refractivity contribution in [2.45, 2.75) is 56.6 Å². The molecule has 2 aromatic carbocycles. The molecule has 2 aromatic rings. The van der Waals surface area contributed by atoms with E-state index in [-0.39, 0.29) is 35.3 Å². The lowest BCUT2D eigenvalue weighted by Gasteiger charge is -2.32. The zero-order chi connectivity index (χ0) is 25.2. The van der Waals surface area contributed by atoms with Crippen molar-refractivity contribution in [1.29, 1.82) is 0 Å². The minimum atomic E-state index is -3.83. The summed E-state index contributed by atoms with van der Waals surface area (Å²) in [6.45, 7) is 5.89. The Morgan fingerprint density at radius 2 is 1.77 bits per heavy atom. The Morgan fingerprint density at radius 3 is 2.43 bits per heavy atom. The Bertz CT molecular complexity index is 1180. The molecule has 1 saturated heterocycles. The number of nitrogens with zero attached hydrogens (tertiary/aromatic N) is 3. The van der Waals surface area contributed by atoms with Crippen molar-refractivity contribution in [1.82, 2.24) is 14.5 Å². The normalized spacial score (nSPS) is 19.1. The number of carbonyl (C=O) groups is 2. The van der Waals surface area contributed by atoms with Crippen molar-refractivity contribution in [2.24, 2.45) is 0 Å². The summed E-state index contributed by atoms with van der Waals surface area (Å²) in [6.07, 6.45) is 2.28. The Hall–Kier alpha value is -2.75. The smallest absolute Gasteiger partial charge is 0.243 e. The maximum Gasteiger partial charge on any atom is 0.243 e. The number of hydrogen-bond acceptors (Lipinski definition) is 5. The number of rotatable bonds is 7. The summed E-state index contributed by atoms with van der Waals surface area (Å²) < 4.78 is 27.4. The molecule has 9 heteroatoms. The fraction of sp³-hybridized carbons (Fsp3) is 0.462. The van der Waals surface area contributed by atoms with E-state index in [2.05, 4.69) is 22.3 Å². The number of nitrogens with one attached hydrogen (secondary N) is 1. The maximum absolute atomic E-state index is 13.1. The Labute approximate surface area is 207 Å². The number of likely N-dealkylation sites (N-methyl/N-ethyl adjacent to an activating group) is 1. The van der Waals surface area contributed by atoms with E-state index < -0.39 is 10.0 Å². The van der Waals surface area contributed by atoms with Crippen LogP contribution in [-0.2, 0) is 32.6 Å². The Kier molecular flexibility index (Phi) is 7.59. The molecule has 2 heterocycles. The largest absolute Gasteiger partial charge is 0.352 e. The third-order valence-electron chi connectivity index (χ3n) is 6.88. The molecule has 0 aromatic heterocycles. The molecule has 0 saturated carbocycles. The van der Waals surface area contributed by atoms with E-state index in [1.807, 2.05) is 25.1 Å². The molecule has 2 aliphatic heterocycles. The van der Waals surface area contributed by atoms with Gasteiger partial charge in [-0.25, -0.2) is 8.42 Å². The standard InChI is InChI=1S/C26H34N4O4S/c1-19-15-22-16-24(9-10-25(22)30(19)20(2)31)35(33,34)28(3)18-26(32)27-23-11-13-29(14-12-23)17-21-7-5-4-6-8-21/h4-10,16,19,23H,11-15,17-18H2,1-3H3,(H,27,32)/t19-/m0/s1. The van der Waals surface area contributed by atoms with Gasteiger partial charge in [0.2, 0.25) is 21.8 Å². The fourth-order valence-electron chi connectivity index (χ4n) is 5.07. The fourth-order valence-corrected chi connectivity index (χ4v) is 6.24. The van der Waals surface area contributed by atoms with Gasteiger partial charge in [-0.1, -0.05) is 30.3 Å². The first kappa shape index (κ1) is 25.3. The summed E-state index contributed by atoms with van der Waals surface area (Å²) in [5.74, 6) is -0.360. The van der Waals surface area contributed by atoms with E-state index in [0.29, 0.717) is 6.42 Å². The molecule has 8 nitrogen and oxygen atoms in total. The van der Waals surface area contributed by atoms with Crippen molar-refractivity contribution in [3.05, 3.63) is 59.7 Å². The third kappa shape index (κ3) is 5.74. The van der Waals surface area contributed by atoms with Gasteiger partial charge in [0.05, 0.1) is 11.4 Å². The number of hydrogen-bond donors (Lipinski definition) is 1. The Morgan fingerprint density at radius 1 is 1.09 bits per heavy atom. The first-order valence-corrected chi connectivity index (χ1v) is 13.5. The molecule has 0 radical (unpaired) electrons. The number of fused-ring (bicyclic) bond motifs is 1. The van der Waals surface area contributed by atoms with Crippen LogP contribution < -0.4 is 10.2 Å². The molecule has 2 aliphatic rings. The summed E-state index contributed by atoms with van der Waals surface area (Å²) in [7, 11) is -2.41. The van der Waals surface area contributed by atoms with Crippen LogP contribution in [0.2, 0.25) is 0 Å². The lowest BCUT2D eigenvalue weighted by Crippen LogP contribution is -2.47. The topological polar surface area (TPSA) is 90.0 Å². The maximum atomic E-state index is 13.1. The minimum absolute atomic E-state index is 0.0110. The number of benzene rings is 2. The quantitative estimate of drug-likeness (QED) is 0.633. The molecule has 4 rings (SSSR count). The summed E-state index contributed by atoms with van der Waals surface area (Å²) >= 11 is 0. The van der Waals surface area contributed by atoms with Crippen LogP contribution in [0, 0.1) is 0 Å². The number of piperidine rings is 1. The van der Waals surface area contributed by atoms with Crippen molar-refractivity contribution >= 4 is 27.5 Å². The van der Waals surface area contributed by atoms with E-state index in [9.17, 15) is 18.0 Å². The van der Waals surface area contributed by atoms with Crippen LogP contribution in [0.3, 0.4) is 0 Å². The summed E-state index contributed by atoms with van der Waals surface area (Å²) in [5, 5.41) is 3.01. The second-order valence-corrected chi connectivity index (χ2v) is 11.6. The number of likely N-dealkylation sites (tertiary alicyclic amines) is 1. The van der Waals surface area contributed by atoms with Gasteiger partial charge in [-0.15, -0.1) is 0 Å². The first-order chi connectivity index (χ1) is 16.6. The van der Waals surface area contributed by atoms with Gasteiger partial charge in [0, 0.05) is 51.4 Å². The van der Waals surface area contributed by atoms with Gasteiger partial charge in [-0.3, -0.25) is 14.5 Å². The average Bonchev–Trinajstić information content (AvgIpc) is 3.16. The zero-order valence-electron chi connectivity index (χ0n) is 20.6. The lowest BCUT2D eigenvalue weighted by molar-refractivity contribution is -0.122. The average molecular weight is 499 g/mol. The van der Waals surface area contributed by atoms with Gasteiger partial charge in [-0.05, 0) is 55.5 Å². The summed E-state index contributed by atoms with van der Waals surface area (Å²) in [4.78, 5) is 28.8. The van der Waals surface area contributed by atoms with E-state index in [4.69, 9.17) is 0 Å².